The molecule has 2 N–H and O–H groups in total. The third-order valence-corrected chi connectivity index (χ3v) is 3.70. The molecule has 25 heavy (non-hydrogen) atoms. The molecule has 0 spiro atoms. The third-order valence-electron chi connectivity index (χ3n) is 3.70. The fraction of sp³-hybridized carbons (Fsp3) is 0.278. The second-order valence-corrected chi connectivity index (χ2v) is 5.65. The zero-order valence-corrected chi connectivity index (χ0v) is 14.3. The quantitative estimate of drug-likeness (QED) is 0.797. The lowest BCUT2D eigenvalue weighted by Gasteiger charge is -2.25. The smallest absolute Gasteiger partial charge is 0.331 e. The minimum Gasteiger partial charge on any atom is -0.496 e. The number of hydrogen-bond acceptors (Lipinski definition) is 5. The zero-order chi connectivity index (χ0) is 18.4. The Balaban J connectivity index is 2.37. The molecule has 1 amide bonds. The number of methoxy groups -OCH3 is 2. The maximum absolute atomic E-state index is 12.5. The Labute approximate surface area is 145 Å². The van der Waals surface area contributed by atoms with Gasteiger partial charge in [-0.25, -0.2) is 4.79 Å². The van der Waals surface area contributed by atoms with Crippen LogP contribution < -0.4 is 10.1 Å². The number of pyridine rings is 1. The Kier molecular flexibility index (Phi) is 5.71. The number of amides is 1. The lowest BCUT2D eigenvalue weighted by atomic mass is 10.0. The standard InChI is InChI=1S/C18H20N2O5/c1-18(11-24-2,17(22)23)20-16(21)12-7-8-15(25-3)13(10-12)14-6-4-5-9-19-14/h4-10H,11H2,1-3H3,(H,20,21)(H,22,23). The van der Waals surface area contributed by atoms with Crippen LogP contribution in [0, 0.1) is 0 Å². The van der Waals surface area contributed by atoms with Crippen molar-refractivity contribution in [1.82, 2.24) is 10.3 Å². The molecule has 0 bridgehead atoms. The summed E-state index contributed by atoms with van der Waals surface area (Å²) in [5.74, 6) is -1.14. The van der Waals surface area contributed by atoms with Crippen molar-refractivity contribution in [1.29, 1.82) is 0 Å². The predicted molar refractivity (Wildman–Crippen MR) is 91.6 cm³/mol. The molecule has 2 aromatic rings. The number of aliphatic carboxylic acids is 1. The summed E-state index contributed by atoms with van der Waals surface area (Å²) in [6, 6.07) is 10.2. The van der Waals surface area contributed by atoms with Crippen LogP contribution in [-0.2, 0) is 9.53 Å². The molecule has 1 aromatic heterocycles. The molecule has 1 unspecified atom stereocenters. The summed E-state index contributed by atoms with van der Waals surface area (Å²) in [4.78, 5) is 28.2. The van der Waals surface area contributed by atoms with Crippen LogP contribution in [-0.4, -0.2) is 48.3 Å². The van der Waals surface area contributed by atoms with Crippen molar-refractivity contribution >= 4 is 11.9 Å². The predicted octanol–water partition coefficient (Wildman–Crippen LogP) is 1.98. The van der Waals surface area contributed by atoms with E-state index in [1.54, 1.807) is 36.5 Å². The highest BCUT2D eigenvalue weighted by Gasteiger charge is 2.35. The first kappa shape index (κ1) is 18.4. The van der Waals surface area contributed by atoms with E-state index in [0.717, 1.165) is 0 Å². The number of rotatable bonds is 7. The summed E-state index contributed by atoms with van der Waals surface area (Å²) >= 11 is 0. The van der Waals surface area contributed by atoms with Gasteiger partial charge >= 0.3 is 5.97 Å². The van der Waals surface area contributed by atoms with Gasteiger partial charge in [0.05, 0.1) is 19.4 Å². The van der Waals surface area contributed by atoms with Gasteiger partial charge in [0.2, 0.25) is 0 Å². The number of nitrogens with zero attached hydrogens (tertiary/aromatic N) is 1. The number of hydrogen-bond donors (Lipinski definition) is 2. The Morgan fingerprint density at radius 2 is 2.00 bits per heavy atom. The van der Waals surface area contributed by atoms with Gasteiger partial charge in [-0.15, -0.1) is 0 Å². The molecule has 1 heterocycles. The number of nitrogens with one attached hydrogen (secondary N) is 1. The molecule has 0 radical (unpaired) electrons. The van der Waals surface area contributed by atoms with E-state index in [4.69, 9.17) is 9.47 Å². The molecule has 0 aliphatic rings. The minimum absolute atomic E-state index is 0.155. The van der Waals surface area contributed by atoms with E-state index in [0.29, 0.717) is 22.6 Å². The summed E-state index contributed by atoms with van der Waals surface area (Å²) < 4.78 is 10.2. The second kappa shape index (κ2) is 7.76. The molecule has 7 heteroatoms. The van der Waals surface area contributed by atoms with Gasteiger partial charge in [-0.2, -0.15) is 0 Å². The molecule has 0 aliphatic heterocycles. The summed E-state index contributed by atoms with van der Waals surface area (Å²) in [5, 5.41) is 11.9. The Bertz CT molecular complexity index is 763. The highest BCUT2D eigenvalue weighted by atomic mass is 16.5. The average Bonchev–Trinajstić information content (AvgIpc) is 2.61. The van der Waals surface area contributed by atoms with Crippen LogP contribution in [0.2, 0.25) is 0 Å². The molecule has 0 saturated heterocycles. The maximum atomic E-state index is 12.5. The first-order chi connectivity index (χ1) is 11.9. The second-order valence-electron chi connectivity index (χ2n) is 5.65. The van der Waals surface area contributed by atoms with Gasteiger partial charge in [-0.3, -0.25) is 9.78 Å². The van der Waals surface area contributed by atoms with Gasteiger partial charge in [0.1, 0.15) is 5.75 Å². The summed E-state index contributed by atoms with van der Waals surface area (Å²) in [6.45, 7) is 1.23. The summed E-state index contributed by atoms with van der Waals surface area (Å²) in [6.07, 6.45) is 1.64. The van der Waals surface area contributed by atoms with E-state index >= 15 is 0 Å². The van der Waals surface area contributed by atoms with E-state index in [-0.39, 0.29) is 6.61 Å². The fourth-order valence-electron chi connectivity index (χ4n) is 2.33. The van der Waals surface area contributed by atoms with Gasteiger partial charge in [0, 0.05) is 24.4 Å². The number of carbonyl (C=O) groups excluding carboxylic acids is 1. The molecule has 1 aromatic carbocycles. The van der Waals surface area contributed by atoms with Crippen LogP contribution in [0.1, 0.15) is 17.3 Å². The van der Waals surface area contributed by atoms with Crippen molar-refractivity contribution in [2.75, 3.05) is 20.8 Å². The van der Waals surface area contributed by atoms with Crippen LogP contribution in [0.15, 0.2) is 42.6 Å². The SMILES string of the molecule is COCC(C)(NC(=O)c1ccc(OC)c(-c2ccccn2)c1)C(=O)O. The lowest BCUT2D eigenvalue weighted by molar-refractivity contribution is -0.145. The van der Waals surface area contributed by atoms with Crippen molar-refractivity contribution in [2.45, 2.75) is 12.5 Å². The van der Waals surface area contributed by atoms with E-state index < -0.39 is 17.4 Å². The molecular weight excluding hydrogens is 324 g/mol. The van der Waals surface area contributed by atoms with Crippen LogP contribution in [0.5, 0.6) is 5.75 Å². The maximum Gasteiger partial charge on any atom is 0.331 e. The Morgan fingerprint density at radius 1 is 1.24 bits per heavy atom. The summed E-state index contributed by atoms with van der Waals surface area (Å²) in [7, 11) is 2.90. The number of carbonyl (C=O) groups is 2. The number of carboxylic acid groups (broad SMARTS) is 1. The van der Waals surface area contributed by atoms with E-state index in [2.05, 4.69) is 10.3 Å². The molecule has 2 rings (SSSR count). The fourth-order valence-corrected chi connectivity index (χ4v) is 2.33. The van der Waals surface area contributed by atoms with E-state index in [1.165, 1.54) is 21.1 Å². The molecule has 0 saturated carbocycles. The molecule has 132 valence electrons. The van der Waals surface area contributed by atoms with Gasteiger partial charge in [0.15, 0.2) is 5.54 Å². The minimum atomic E-state index is -1.53. The largest absolute Gasteiger partial charge is 0.496 e. The third kappa shape index (κ3) is 4.13. The van der Waals surface area contributed by atoms with Crippen LogP contribution in [0.25, 0.3) is 11.3 Å². The Morgan fingerprint density at radius 3 is 2.56 bits per heavy atom. The highest BCUT2D eigenvalue weighted by Crippen LogP contribution is 2.29. The van der Waals surface area contributed by atoms with Crippen LogP contribution in [0.4, 0.5) is 0 Å². The molecular formula is C18H20N2O5. The van der Waals surface area contributed by atoms with Gasteiger partial charge in [-0.1, -0.05) is 6.07 Å². The monoisotopic (exact) mass is 344 g/mol. The first-order valence-electron chi connectivity index (χ1n) is 7.55. The van der Waals surface area contributed by atoms with E-state index in [9.17, 15) is 14.7 Å². The molecule has 0 fully saturated rings. The van der Waals surface area contributed by atoms with Crippen molar-refractivity contribution in [2.24, 2.45) is 0 Å². The topological polar surface area (TPSA) is 97.8 Å². The molecule has 0 aliphatic carbocycles. The number of carboxylic acids is 1. The van der Waals surface area contributed by atoms with Crippen molar-refractivity contribution < 1.29 is 24.2 Å². The number of ether oxygens (including phenoxy) is 2. The normalized spacial score (nSPS) is 12.9. The van der Waals surface area contributed by atoms with Gasteiger partial charge in [-0.05, 0) is 37.3 Å². The highest BCUT2D eigenvalue weighted by molar-refractivity contribution is 5.99. The Hall–Kier alpha value is -2.93. The van der Waals surface area contributed by atoms with Crippen LogP contribution in [0.3, 0.4) is 0 Å². The van der Waals surface area contributed by atoms with Crippen LogP contribution >= 0.6 is 0 Å². The average molecular weight is 344 g/mol. The van der Waals surface area contributed by atoms with Crippen molar-refractivity contribution in [3.8, 4) is 17.0 Å². The molecule has 1 atom stereocenters. The van der Waals surface area contributed by atoms with E-state index in [1.807, 2.05) is 6.07 Å². The van der Waals surface area contributed by atoms with Gasteiger partial charge in [0.25, 0.3) is 5.91 Å². The number of benzene rings is 1. The lowest BCUT2D eigenvalue weighted by Crippen LogP contribution is -2.55. The van der Waals surface area contributed by atoms with Gasteiger partial charge < -0.3 is 19.9 Å². The summed E-state index contributed by atoms with van der Waals surface area (Å²) in [5.41, 5.74) is 0.0492. The first-order valence-corrected chi connectivity index (χ1v) is 7.55. The van der Waals surface area contributed by atoms with Crippen molar-refractivity contribution in [3.05, 3.63) is 48.2 Å². The molecule has 7 nitrogen and oxygen atoms in total. The van der Waals surface area contributed by atoms with Crippen molar-refractivity contribution in [3.63, 3.8) is 0 Å². The number of aromatic nitrogens is 1. The zero-order valence-electron chi connectivity index (χ0n) is 14.3.